The van der Waals surface area contributed by atoms with Crippen molar-refractivity contribution in [2.24, 2.45) is 0 Å². The van der Waals surface area contributed by atoms with Gasteiger partial charge in [-0.3, -0.25) is 4.79 Å². The molecule has 0 rings (SSSR count). The van der Waals surface area contributed by atoms with Crippen molar-refractivity contribution in [3.8, 4) is 0 Å². The van der Waals surface area contributed by atoms with E-state index in [-0.39, 0.29) is 0 Å². The molecule has 0 aromatic carbocycles. The molecule has 0 amide bonds. The molecule has 0 aromatic heterocycles. The summed E-state index contributed by atoms with van der Waals surface area (Å²) in [5, 5.41) is -0.892. The van der Waals surface area contributed by atoms with E-state index in [4.69, 9.17) is 9.29 Å². The van der Waals surface area contributed by atoms with Gasteiger partial charge in [0.15, 0.2) is 16.3 Å². The molecule has 5 heteroatoms. The zero-order valence-corrected chi connectivity index (χ0v) is 8.10. The van der Waals surface area contributed by atoms with Gasteiger partial charge >= 0.3 is 5.97 Å². The first-order valence-electron chi connectivity index (χ1n) is 3.89. The van der Waals surface area contributed by atoms with Crippen LogP contribution in [0, 0.1) is 0 Å². The summed E-state index contributed by atoms with van der Waals surface area (Å²) in [6.07, 6.45) is 1.05. The van der Waals surface area contributed by atoms with Gasteiger partial charge in [0.25, 0.3) is 0 Å². The Morgan fingerprint density at radius 3 is 2.50 bits per heavy atom. The predicted octanol–water partition coefficient (Wildman–Crippen LogP) is 0.940. The Morgan fingerprint density at radius 1 is 1.58 bits per heavy atom. The SMILES string of the molecule is CCCOC(=O)C(CC)S(=O)O. The molecule has 1 N–H and O–H groups in total. The molecule has 4 nitrogen and oxygen atoms in total. The van der Waals surface area contributed by atoms with Crippen LogP contribution in [0.15, 0.2) is 0 Å². The third-order valence-corrected chi connectivity index (χ3v) is 2.34. The highest BCUT2D eigenvalue weighted by Gasteiger charge is 2.23. The standard InChI is InChI=1S/C7H14O4S/c1-3-5-11-7(8)6(4-2)12(9)10/h6H,3-5H2,1-2H3,(H,9,10). The van der Waals surface area contributed by atoms with Gasteiger partial charge < -0.3 is 9.29 Å². The van der Waals surface area contributed by atoms with Crippen LogP contribution < -0.4 is 0 Å². The summed E-state index contributed by atoms with van der Waals surface area (Å²) in [6, 6.07) is 0. The fraction of sp³-hybridized carbons (Fsp3) is 0.857. The monoisotopic (exact) mass is 194 g/mol. The molecule has 12 heavy (non-hydrogen) atoms. The molecule has 72 valence electrons. The number of rotatable bonds is 5. The molecule has 0 aliphatic carbocycles. The van der Waals surface area contributed by atoms with Crippen molar-refractivity contribution in [3.63, 3.8) is 0 Å². The number of esters is 1. The highest BCUT2D eigenvalue weighted by molar-refractivity contribution is 7.80. The summed E-state index contributed by atoms with van der Waals surface area (Å²) >= 11 is -2.11. The number of carbonyl (C=O) groups is 1. The minimum Gasteiger partial charge on any atom is -0.465 e. The van der Waals surface area contributed by atoms with E-state index in [1.54, 1.807) is 6.92 Å². The minimum atomic E-state index is -2.11. The number of hydrogen-bond acceptors (Lipinski definition) is 3. The summed E-state index contributed by atoms with van der Waals surface area (Å²) in [5.74, 6) is -0.583. The third kappa shape index (κ3) is 3.82. The van der Waals surface area contributed by atoms with Crippen molar-refractivity contribution in [1.29, 1.82) is 0 Å². The predicted molar refractivity (Wildman–Crippen MR) is 46.1 cm³/mol. The van der Waals surface area contributed by atoms with E-state index in [2.05, 4.69) is 0 Å². The lowest BCUT2D eigenvalue weighted by molar-refractivity contribution is -0.143. The summed E-state index contributed by atoms with van der Waals surface area (Å²) in [7, 11) is 0. The number of hydrogen-bond donors (Lipinski definition) is 1. The van der Waals surface area contributed by atoms with Crippen LogP contribution in [-0.2, 0) is 20.6 Å². The van der Waals surface area contributed by atoms with Gasteiger partial charge in [0, 0.05) is 0 Å². The fourth-order valence-electron chi connectivity index (χ4n) is 0.687. The highest BCUT2D eigenvalue weighted by atomic mass is 32.2. The first kappa shape index (κ1) is 11.6. The van der Waals surface area contributed by atoms with Crippen LogP contribution in [0.3, 0.4) is 0 Å². The Hall–Kier alpha value is -0.420. The van der Waals surface area contributed by atoms with Crippen molar-refractivity contribution >= 4 is 17.0 Å². The summed E-state index contributed by atoms with van der Waals surface area (Å²) in [6.45, 7) is 3.85. The normalized spacial score (nSPS) is 15.2. The van der Waals surface area contributed by atoms with Crippen LogP contribution in [0.2, 0.25) is 0 Å². The first-order chi connectivity index (χ1) is 5.63. The van der Waals surface area contributed by atoms with Crippen molar-refractivity contribution in [3.05, 3.63) is 0 Å². The lowest BCUT2D eigenvalue weighted by Gasteiger charge is -2.09. The maximum Gasteiger partial charge on any atom is 0.324 e. The Balaban J connectivity index is 3.95. The zero-order valence-electron chi connectivity index (χ0n) is 7.28. The van der Waals surface area contributed by atoms with E-state index in [0.717, 1.165) is 6.42 Å². The smallest absolute Gasteiger partial charge is 0.324 e. The van der Waals surface area contributed by atoms with Crippen molar-refractivity contribution in [2.75, 3.05) is 6.61 Å². The molecular formula is C7H14O4S. The van der Waals surface area contributed by atoms with Crippen LogP contribution in [-0.4, -0.2) is 26.6 Å². The Kier molecular flexibility index (Phi) is 5.92. The van der Waals surface area contributed by atoms with Crippen LogP contribution in [0.1, 0.15) is 26.7 Å². The molecule has 2 unspecified atom stereocenters. The van der Waals surface area contributed by atoms with Gasteiger partial charge in [-0.25, -0.2) is 4.21 Å². The van der Waals surface area contributed by atoms with Gasteiger partial charge in [-0.1, -0.05) is 13.8 Å². The average molecular weight is 194 g/mol. The van der Waals surface area contributed by atoms with Crippen molar-refractivity contribution < 1.29 is 18.3 Å². The molecular weight excluding hydrogens is 180 g/mol. The molecule has 0 spiro atoms. The Morgan fingerprint density at radius 2 is 2.17 bits per heavy atom. The van der Waals surface area contributed by atoms with Gasteiger partial charge in [0.2, 0.25) is 0 Å². The highest BCUT2D eigenvalue weighted by Crippen LogP contribution is 2.02. The second kappa shape index (κ2) is 6.14. The van der Waals surface area contributed by atoms with Gasteiger partial charge in [-0.15, -0.1) is 0 Å². The van der Waals surface area contributed by atoms with E-state index < -0.39 is 22.3 Å². The molecule has 0 aromatic rings. The molecule has 0 saturated heterocycles. The third-order valence-electron chi connectivity index (χ3n) is 1.33. The lowest BCUT2D eigenvalue weighted by atomic mass is 10.3. The quantitative estimate of drug-likeness (QED) is 0.522. The van der Waals surface area contributed by atoms with E-state index in [0.29, 0.717) is 13.0 Å². The van der Waals surface area contributed by atoms with Crippen LogP contribution in [0.5, 0.6) is 0 Å². The van der Waals surface area contributed by atoms with E-state index in [9.17, 15) is 9.00 Å². The molecule has 0 aliphatic heterocycles. The Bertz CT molecular complexity index is 169. The van der Waals surface area contributed by atoms with Gasteiger partial charge in [-0.05, 0) is 12.8 Å². The maximum absolute atomic E-state index is 11.0. The Labute approximate surface area is 74.6 Å². The van der Waals surface area contributed by atoms with Gasteiger partial charge in [-0.2, -0.15) is 0 Å². The summed E-state index contributed by atoms with van der Waals surface area (Å²) in [5.41, 5.74) is 0. The topological polar surface area (TPSA) is 63.6 Å². The van der Waals surface area contributed by atoms with Gasteiger partial charge in [0.1, 0.15) is 0 Å². The molecule has 0 aliphatic rings. The molecule has 0 saturated carbocycles. The lowest BCUT2D eigenvalue weighted by Crippen LogP contribution is -2.27. The molecule has 0 fully saturated rings. The second-order valence-electron chi connectivity index (χ2n) is 2.34. The molecule has 2 atom stereocenters. The molecule has 0 bridgehead atoms. The maximum atomic E-state index is 11.0. The van der Waals surface area contributed by atoms with E-state index in [1.807, 2.05) is 6.92 Å². The second-order valence-corrected chi connectivity index (χ2v) is 3.46. The molecule has 0 heterocycles. The number of carbonyl (C=O) groups excluding carboxylic acids is 1. The summed E-state index contributed by atoms with van der Waals surface area (Å²) in [4.78, 5) is 11.0. The summed E-state index contributed by atoms with van der Waals surface area (Å²) < 4.78 is 23.9. The number of ether oxygens (including phenoxy) is 1. The molecule has 0 radical (unpaired) electrons. The van der Waals surface area contributed by atoms with Crippen LogP contribution in [0.25, 0.3) is 0 Å². The minimum absolute atomic E-state index is 0.312. The van der Waals surface area contributed by atoms with Crippen molar-refractivity contribution in [1.82, 2.24) is 0 Å². The zero-order chi connectivity index (χ0) is 9.56. The average Bonchev–Trinajstić information content (AvgIpc) is 2.01. The van der Waals surface area contributed by atoms with E-state index in [1.165, 1.54) is 0 Å². The van der Waals surface area contributed by atoms with Crippen LogP contribution in [0.4, 0.5) is 0 Å². The fourth-order valence-corrected chi connectivity index (χ4v) is 1.20. The first-order valence-corrected chi connectivity index (χ1v) is 5.06. The van der Waals surface area contributed by atoms with Gasteiger partial charge in [0.05, 0.1) is 6.61 Å². The van der Waals surface area contributed by atoms with E-state index >= 15 is 0 Å². The van der Waals surface area contributed by atoms with Crippen molar-refractivity contribution in [2.45, 2.75) is 31.9 Å². The van der Waals surface area contributed by atoms with Crippen LogP contribution >= 0.6 is 0 Å². The largest absolute Gasteiger partial charge is 0.465 e.